The van der Waals surface area contributed by atoms with Crippen molar-refractivity contribution < 1.29 is 66.9 Å². The molecular formula is C118H158N6O14. The summed E-state index contributed by atoms with van der Waals surface area (Å²) in [5.41, 5.74) is 21.1. The second-order valence-corrected chi connectivity index (χ2v) is 40.7. The monoisotopic (exact) mass is 1880 g/mol. The molecule has 138 heavy (non-hydrogen) atoms. The minimum absolute atomic E-state index is 0.0720. The maximum absolute atomic E-state index is 12.7. The summed E-state index contributed by atoms with van der Waals surface area (Å²) < 4.78 is 20.5. The van der Waals surface area contributed by atoms with Gasteiger partial charge in [0.15, 0.2) is 0 Å². The third-order valence-corrected chi connectivity index (χ3v) is 30.3. The first kappa shape index (κ1) is 110. The molecule has 0 spiro atoms. The number of hydrogen-bond acceptors (Lipinski definition) is 14. The molecule has 14 rings (SSSR count). The van der Waals surface area contributed by atoms with Crippen LogP contribution in [0.4, 0.5) is 0 Å². The van der Waals surface area contributed by atoms with Crippen molar-refractivity contribution in [2.24, 2.45) is 29.6 Å². The molecule has 0 radical (unpaired) electrons. The number of carbonyl (C=O) groups excluding carboxylic acids is 10. The number of hydrogen-bond donors (Lipinski definition) is 0. The molecule has 0 aromatic heterocycles. The highest BCUT2D eigenvalue weighted by atomic mass is 16.6. The Bertz CT molecular complexity index is 5200. The highest BCUT2D eigenvalue weighted by Crippen LogP contribution is 2.50. The van der Waals surface area contributed by atoms with Crippen LogP contribution in [-0.2, 0) is 66.9 Å². The standard InChI is InChI=1S/2C23H29NO.2C19H28N2O2.2C17H22O4/c1-16-9-5-7-11-21(16)18-13-19(22-12-8-6-10-17(22)2)15-20(14-18)23(25)24(3)4;1-16-9-5-7-11-22(16)19-13-20(23-12-8-6-10-17(23)2)15-21(14-19)24(4)18(3)25;1-13-8-6-7-9-17(13)14-10-15(18(22)20(2)3)12-16(11-14)19(23)21(4)5;1-13-8-6-7-9-19(13)16-10-17(20(4)14(2)22)12-18(11-16)21(5)15(3)23;1-11-6-4-5-7-15(11)12-8-13(16(18)20-2)10-14(9-12)17(19)21-3;1-11-6-4-5-7-17(11)14-8-15(20-12(2)18)10-16(9-14)21-13(3)19/h5-12,18-20H,13-15H2,1-4H3;5-12,19-21H,13-15H2,1-4H3;6-9,14-16H,10-12H2,1-5H3;6-9,16-18H,10-12H2,1-5H3;4-7,12-14H,8-10H2,1-3H3;4-7,14-16H,8-10H2,1-3H3. The van der Waals surface area contributed by atoms with Crippen LogP contribution in [0.3, 0.4) is 0 Å². The Morgan fingerprint density at radius 3 is 0.616 bits per heavy atom. The highest BCUT2D eigenvalue weighted by Gasteiger charge is 2.43. The van der Waals surface area contributed by atoms with E-state index in [0.717, 1.165) is 96.3 Å². The maximum Gasteiger partial charge on any atom is 0.308 e. The van der Waals surface area contributed by atoms with Crippen LogP contribution in [0.25, 0.3) is 0 Å². The van der Waals surface area contributed by atoms with E-state index in [1.54, 1.807) is 63.7 Å². The first-order chi connectivity index (χ1) is 65.6. The van der Waals surface area contributed by atoms with Gasteiger partial charge in [-0.15, -0.1) is 0 Å². The summed E-state index contributed by atoms with van der Waals surface area (Å²) >= 11 is 0. The average molecular weight is 1880 g/mol. The summed E-state index contributed by atoms with van der Waals surface area (Å²) in [4.78, 5) is 130. The van der Waals surface area contributed by atoms with Crippen LogP contribution in [0, 0.1) is 85.0 Å². The van der Waals surface area contributed by atoms with Crippen molar-refractivity contribution in [3.8, 4) is 0 Å². The quantitative estimate of drug-likeness (QED) is 0.0575. The second kappa shape index (κ2) is 52.5. The molecule has 6 aliphatic carbocycles. The normalized spacial score (nSPS) is 24.1. The Kier molecular flexibility index (Phi) is 41.9. The van der Waals surface area contributed by atoms with Crippen molar-refractivity contribution in [2.75, 3.05) is 77.6 Å². The van der Waals surface area contributed by atoms with Crippen molar-refractivity contribution in [3.05, 3.63) is 283 Å². The van der Waals surface area contributed by atoms with Gasteiger partial charge in [0.1, 0.15) is 12.2 Å². The van der Waals surface area contributed by atoms with Crippen LogP contribution in [0.2, 0.25) is 0 Å². The molecule has 6 amide bonds. The van der Waals surface area contributed by atoms with E-state index < -0.39 is 0 Å². The second-order valence-electron chi connectivity index (χ2n) is 40.7. The van der Waals surface area contributed by atoms with E-state index >= 15 is 0 Å². The Morgan fingerprint density at radius 2 is 0.406 bits per heavy atom. The molecule has 6 saturated carbocycles. The van der Waals surface area contributed by atoms with Crippen molar-refractivity contribution in [1.82, 2.24) is 29.4 Å². The zero-order valence-electron chi connectivity index (χ0n) is 87.0. The summed E-state index contributed by atoms with van der Waals surface area (Å²) in [6.07, 6.45) is 15.2. The summed E-state index contributed by atoms with van der Waals surface area (Å²) in [6, 6.07) is 68.5. The molecule has 0 heterocycles. The number of methoxy groups -OCH3 is 2. The number of carbonyl (C=O) groups is 10. The van der Waals surface area contributed by atoms with E-state index in [0.29, 0.717) is 54.9 Å². The molecule has 6 fully saturated rings. The fraction of sp³-hybridized carbons (Fsp3) is 0.508. The maximum atomic E-state index is 12.7. The van der Waals surface area contributed by atoms with E-state index in [4.69, 9.17) is 18.9 Å². The Hall–Kier alpha value is -11.5. The number of amides is 6. The van der Waals surface area contributed by atoms with Gasteiger partial charge in [-0.25, -0.2) is 0 Å². The first-order valence-corrected chi connectivity index (χ1v) is 49.9. The lowest BCUT2D eigenvalue weighted by Gasteiger charge is -2.42. The number of rotatable bonds is 18. The van der Waals surface area contributed by atoms with Crippen molar-refractivity contribution in [1.29, 1.82) is 0 Å². The van der Waals surface area contributed by atoms with Gasteiger partial charge < -0.3 is 48.3 Å². The lowest BCUT2D eigenvalue weighted by Crippen LogP contribution is -2.48. The third kappa shape index (κ3) is 30.7. The van der Waals surface area contributed by atoms with Gasteiger partial charge in [-0.3, -0.25) is 47.9 Å². The van der Waals surface area contributed by atoms with Crippen molar-refractivity contribution in [2.45, 2.75) is 283 Å². The van der Waals surface area contributed by atoms with Gasteiger partial charge in [0.05, 0.1) is 26.1 Å². The molecule has 12 unspecified atom stereocenters. The average Bonchev–Trinajstić information content (AvgIpc) is 0.805. The van der Waals surface area contributed by atoms with Crippen LogP contribution >= 0.6 is 0 Å². The zero-order valence-corrected chi connectivity index (χ0v) is 87.0. The van der Waals surface area contributed by atoms with Crippen LogP contribution in [0.5, 0.6) is 0 Å². The molecule has 0 aliphatic heterocycles. The van der Waals surface area contributed by atoms with Crippen LogP contribution in [0.15, 0.2) is 194 Å². The SMILES string of the molecule is CC(=O)N(C)C1CC(c2ccccc2C)CC(N(C)C(C)=O)C1.CC(=O)N(C)C1CC(c2ccccc2C)CC(c2ccccc2C)C1.CC(=O)OC1CC(OC(C)=O)CC(c2ccccc2C)C1.COC(=O)C1CC(C(=O)OC)CC(c2ccccc2C)C1.Cc1ccccc1C1CC(C(=O)N(C)C)CC(C(=O)N(C)C)C1.Cc1ccccc1C1CC(C(=O)N(C)C)CC(c2ccccc2C)C1. The summed E-state index contributed by atoms with van der Waals surface area (Å²) in [7, 11) is 19.4. The van der Waals surface area contributed by atoms with Crippen LogP contribution in [0.1, 0.15) is 287 Å². The van der Waals surface area contributed by atoms with E-state index in [-0.39, 0.29) is 131 Å². The Morgan fingerprint density at radius 1 is 0.225 bits per heavy atom. The van der Waals surface area contributed by atoms with Gasteiger partial charge in [0.2, 0.25) is 35.4 Å². The molecule has 8 aromatic carbocycles. The summed E-state index contributed by atoms with van der Waals surface area (Å²) in [5.74, 6) is 2.34. The van der Waals surface area contributed by atoms with E-state index in [9.17, 15) is 47.9 Å². The number of aryl methyl sites for hydroxylation is 8. The molecule has 0 bridgehead atoms. The predicted octanol–water partition coefficient (Wildman–Crippen LogP) is 21.9. The fourth-order valence-corrected chi connectivity index (χ4v) is 22.9. The molecule has 0 saturated heterocycles. The topological polar surface area (TPSA) is 227 Å². The largest absolute Gasteiger partial charge is 0.469 e. The predicted molar refractivity (Wildman–Crippen MR) is 550 cm³/mol. The summed E-state index contributed by atoms with van der Waals surface area (Å²) in [5, 5.41) is 0. The fourth-order valence-electron chi connectivity index (χ4n) is 22.9. The molecule has 20 nitrogen and oxygen atoms in total. The van der Waals surface area contributed by atoms with Crippen LogP contribution < -0.4 is 0 Å². The summed E-state index contributed by atoms with van der Waals surface area (Å²) in [6.45, 7) is 24.9. The number of esters is 4. The molecule has 0 N–H and O–H groups in total. The van der Waals surface area contributed by atoms with Gasteiger partial charge in [-0.2, -0.15) is 0 Å². The Balaban J connectivity index is 0.000000186. The first-order valence-electron chi connectivity index (χ1n) is 49.9. The van der Waals surface area contributed by atoms with Crippen molar-refractivity contribution in [3.63, 3.8) is 0 Å². The number of nitrogens with zero attached hydrogens (tertiary/aromatic N) is 6. The van der Waals surface area contributed by atoms with E-state index in [1.165, 1.54) is 117 Å². The molecular weight excluding hydrogens is 1730 g/mol. The molecule has 6 aliphatic rings. The van der Waals surface area contributed by atoms with E-state index in [1.807, 2.05) is 86.3 Å². The smallest absolute Gasteiger partial charge is 0.308 e. The number of benzene rings is 8. The zero-order chi connectivity index (χ0) is 101. The van der Waals surface area contributed by atoms with Gasteiger partial charge in [-0.05, 0) is 301 Å². The highest BCUT2D eigenvalue weighted by molar-refractivity contribution is 5.83. The third-order valence-electron chi connectivity index (χ3n) is 30.3. The van der Waals surface area contributed by atoms with Gasteiger partial charge in [0.25, 0.3) is 0 Å². The minimum Gasteiger partial charge on any atom is -0.469 e. The minimum atomic E-state index is -0.285. The molecule has 744 valence electrons. The Labute approximate surface area is 824 Å². The van der Waals surface area contributed by atoms with Crippen LogP contribution in [-0.4, -0.2) is 197 Å². The lowest BCUT2D eigenvalue weighted by molar-refractivity contribution is -0.157. The van der Waals surface area contributed by atoms with E-state index in [2.05, 4.69) is 213 Å². The molecule has 12 atom stereocenters. The van der Waals surface area contributed by atoms with Gasteiger partial charge in [-0.1, -0.05) is 194 Å². The molecule has 8 aromatic rings. The van der Waals surface area contributed by atoms with Crippen molar-refractivity contribution >= 4 is 59.3 Å². The lowest BCUT2D eigenvalue weighted by atomic mass is 9.69. The number of ether oxygens (including phenoxy) is 4. The van der Waals surface area contributed by atoms with Gasteiger partial charge >= 0.3 is 23.9 Å². The molecule has 20 heteroatoms. The van der Waals surface area contributed by atoms with Gasteiger partial charge in [0, 0.05) is 140 Å².